The first kappa shape index (κ1) is 13.7. The number of hydrogen-bond donors (Lipinski definition) is 2. The molecule has 1 aromatic carbocycles. The van der Waals surface area contributed by atoms with Gasteiger partial charge in [-0.1, -0.05) is 0 Å². The minimum absolute atomic E-state index is 0.430. The molecule has 0 aromatic heterocycles. The van der Waals surface area contributed by atoms with Crippen molar-refractivity contribution in [3.63, 3.8) is 0 Å². The predicted molar refractivity (Wildman–Crippen MR) is 70.0 cm³/mol. The van der Waals surface area contributed by atoms with Crippen molar-refractivity contribution in [2.24, 2.45) is 5.73 Å². The maximum absolute atomic E-state index is 11.0. The van der Waals surface area contributed by atoms with Crippen LogP contribution in [0.4, 0.5) is 0 Å². The predicted octanol–water partition coefficient (Wildman–Crippen LogP) is 1.53. The minimum Gasteiger partial charge on any atom is -0.487 e. The Hall–Kier alpha value is -1.75. The molecule has 2 unspecified atom stereocenters. The molecular formula is C14H19NO4. The van der Waals surface area contributed by atoms with Gasteiger partial charge in [0.05, 0.1) is 6.10 Å². The van der Waals surface area contributed by atoms with E-state index in [4.69, 9.17) is 15.2 Å². The van der Waals surface area contributed by atoms with Gasteiger partial charge in [0.1, 0.15) is 17.1 Å². The maximum atomic E-state index is 11.0. The second-order valence-corrected chi connectivity index (χ2v) is 5.44. The fourth-order valence-corrected chi connectivity index (χ4v) is 2.13. The van der Waals surface area contributed by atoms with Crippen molar-refractivity contribution in [2.75, 3.05) is 0 Å². The lowest BCUT2D eigenvalue weighted by atomic mass is 9.92. The molecule has 0 spiro atoms. The highest BCUT2D eigenvalue weighted by Gasteiger charge is 2.32. The summed E-state index contributed by atoms with van der Waals surface area (Å²) in [7, 11) is 0. The molecule has 1 amide bonds. The molecule has 0 bridgehead atoms. The van der Waals surface area contributed by atoms with E-state index in [2.05, 4.69) is 0 Å². The van der Waals surface area contributed by atoms with Crippen LogP contribution in [0.1, 0.15) is 38.9 Å². The molecule has 0 fully saturated rings. The molecule has 1 aliphatic rings. The van der Waals surface area contributed by atoms with Crippen molar-refractivity contribution < 1.29 is 19.4 Å². The van der Waals surface area contributed by atoms with Crippen molar-refractivity contribution in [1.29, 1.82) is 0 Å². The number of carbonyl (C=O) groups excluding carboxylic acids is 1. The Kier molecular flexibility index (Phi) is 3.41. The molecule has 0 aliphatic carbocycles. The lowest BCUT2D eigenvalue weighted by Gasteiger charge is -2.35. The summed E-state index contributed by atoms with van der Waals surface area (Å²) in [4.78, 5) is 11.0. The van der Waals surface area contributed by atoms with E-state index in [1.807, 2.05) is 13.8 Å². The molecule has 2 atom stereocenters. The highest BCUT2D eigenvalue weighted by molar-refractivity contribution is 5.78. The number of ether oxygens (including phenoxy) is 2. The second-order valence-electron chi connectivity index (χ2n) is 5.44. The smallest absolute Gasteiger partial charge is 0.258 e. The van der Waals surface area contributed by atoms with E-state index in [1.54, 1.807) is 25.1 Å². The van der Waals surface area contributed by atoms with Crippen LogP contribution in [0.15, 0.2) is 18.2 Å². The van der Waals surface area contributed by atoms with Crippen LogP contribution >= 0.6 is 0 Å². The summed E-state index contributed by atoms with van der Waals surface area (Å²) < 4.78 is 11.2. The number of nitrogens with two attached hydrogens (primary N) is 1. The Morgan fingerprint density at radius 1 is 1.58 bits per heavy atom. The lowest BCUT2D eigenvalue weighted by Crippen LogP contribution is -2.35. The molecule has 0 saturated carbocycles. The van der Waals surface area contributed by atoms with Gasteiger partial charge in [-0.25, -0.2) is 0 Å². The number of amides is 1. The molecule has 104 valence electrons. The van der Waals surface area contributed by atoms with Gasteiger partial charge in [0, 0.05) is 18.1 Å². The number of aliphatic hydroxyl groups is 1. The first-order valence-electron chi connectivity index (χ1n) is 6.25. The van der Waals surface area contributed by atoms with Gasteiger partial charge in [0.15, 0.2) is 6.10 Å². The summed E-state index contributed by atoms with van der Waals surface area (Å²) in [6.45, 7) is 5.42. The fraction of sp³-hybridized carbons (Fsp3) is 0.500. The van der Waals surface area contributed by atoms with Crippen LogP contribution < -0.4 is 15.2 Å². The number of aliphatic hydroxyl groups excluding tert-OH is 1. The average molecular weight is 265 g/mol. The lowest BCUT2D eigenvalue weighted by molar-refractivity contribution is -0.124. The number of rotatable bonds is 3. The standard InChI is InChI=1S/C14H19NO4/c1-8(13(15)17)18-9-4-5-10-11(16)7-14(2,3)19-12(10)6-9/h4-6,8,11,16H,7H2,1-3H3,(H2,15,17). The summed E-state index contributed by atoms with van der Waals surface area (Å²) in [6, 6.07) is 5.13. The molecular weight excluding hydrogens is 246 g/mol. The number of primary amides is 1. The monoisotopic (exact) mass is 265 g/mol. The average Bonchev–Trinajstić information content (AvgIpc) is 2.26. The van der Waals surface area contributed by atoms with Gasteiger partial charge in [-0.2, -0.15) is 0 Å². The Balaban J connectivity index is 2.26. The number of benzene rings is 1. The molecule has 5 nitrogen and oxygen atoms in total. The normalized spacial score (nSPS) is 22.0. The Labute approximate surface area is 112 Å². The van der Waals surface area contributed by atoms with Crippen LogP contribution in [0, 0.1) is 0 Å². The van der Waals surface area contributed by atoms with Gasteiger partial charge < -0.3 is 20.3 Å². The van der Waals surface area contributed by atoms with E-state index < -0.39 is 23.7 Å². The van der Waals surface area contributed by atoms with Gasteiger partial charge in [-0.05, 0) is 32.9 Å². The van der Waals surface area contributed by atoms with Crippen LogP contribution in [0.3, 0.4) is 0 Å². The topological polar surface area (TPSA) is 81.8 Å². The van der Waals surface area contributed by atoms with Gasteiger partial charge in [-0.15, -0.1) is 0 Å². The van der Waals surface area contributed by atoms with Crippen LogP contribution in [0.2, 0.25) is 0 Å². The SMILES string of the molecule is CC(Oc1ccc2c(c1)OC(C)(C)CC2O)C(N)=O. The van der Waals surface area contributed by atoms with E-state index in [0.29, 0.717) is 17.9 Å². The van der Waals surface area contributed by atoms with E-state index >= 15 is 0 Å². The van der Waals surface area contributed by atoms with Crippen LogP contribution in [0.25, 0.3) is 0 Å². The summed E-state index contributed by atoms with van der Waals surface area (Å²) in [6.07, 6.45) is -0.723. The second kappa shape index (κ2) is 4.74. The first-order chi connectivity index (χ1) is 8.78. The zero-order valence-corrected chi connectivity index (χ0v) is 11.3. The van der Waals surface area contributed by atoms with E-state index in [9.17, 15) is 9.90 Å². The van der Waals surface area contributed by atoms with E-state index in [0.717, 1.165) is 5.56 Å². The van der Waals surface area contributed by atoms with Gasteiger partial charge in [0.25, 0.3) is 5.91 Å². The highest BCUT2D eigenvalue weighted by atomic mass is 16.5. The zero-order chi connectivity index (χ0) is 14.2. The summed E-state index contributed by atoms with van der Waals surface area (Å²) in [5.74, 6) is 0.548. The number of carbonyl (C=O) groups is 1. The fourth-order valence-electron chi connectivity index (χ4n) is 2.13. The molecule has 0 radical (unpaired) electrons. The third-order valence-electron chi connectivity index (χ3n) is 3.13. The molecule has 3 N–H and O–H groups in total. The molecule has 2 rings (SSSR count). The Morgan fingerprint density at radius 2 is 2.26 bits per heavy atom. The molecule has 0 saturated heterocycles. The van der Waals surface area contributed by atoms with Crippen molar-refractivity contribution in [3.8, 4) is 11.5 Å². The first-order valence-corrected chi connectivity index (χ1v) is 6.25. The van der Waals surface area contributed by atoms with E-state index in [1.165, 1.54) is 0 Å². The molecule has 19 heavy (non-hydrogen) atoms. The molecule has 5 heteroatoms. The summed E-state index contributed by atoms with van der Waals surface area (Å²) in [5, 5.41) is 10.1. The summed E-state index contributed by atoms with van der Waals surface area (Å²) >= 11 is 0. The third-order valence-corrected chi connectivity index (χ3v) is 3.13. The van der Waals surface area contributed by atoms with Crippen molar-refractivity contribution in [3.05, 3.63) is 23.8 Å². The largest absolute Gasteiger partial charge is 0.487 e. The Morgan fingerprint density at radius 3 is 2.89 bits per heavy atom. The number of hydrogen-bond acceptors (Lipinski definition) is 4. The third kappa shape index (κ3) is 2.98. The maximum Gasteiger partial charge on any atom is 0.258 e. The van der Waals surface area contributed by atoms with E-state index in [-0.39, 0.29) is 0 Å². The zero-order valence-electron chi connectivity index (χ0n) is 11.3. The van der Waals surface area contributed by atoms with Gasteiger partial charge in [-0.3, -0.25) is 4.79 Å². The van der Waals surface area contributed by atoms with Gasteiger partial charge >= 0.3 is 0 Å². The highest BCUT2D eigenvalue weighted by Crippen LogP contribution is 2.41. The Bertz CT molecular complexity index is 498. The quantitative estimate of drug-likeness (QED) is 0.868. The van der Waals surface area contributed by atoms with Crippen LogP contribution in [-0.4, -0.2) is 22.7 Å². The minimum atomic E-state index is -0.709. The van der Waals surface area contributed by atoms with Gasteiger partial charge in [0.2, 0.25) is 0 Å². The van der Waals surface area contributed by atoms with Crippen LogP contribution in [0.5, 0.6) is 11.5 Å². The molecule has 1 aromatic rings. The number of fused-ring (bicyclic) bond motifs is 1. The summed E-state index contributed by atoms with van der Waals surface area (Å²) in [5.41, 5.74) is 5.46. The van der Waals surface area contributed by atoms with Crippen molar-refractivity contribution in [1.82, 2.24) is 0 Å². The van der Waals surface area contributed by atoms with Crippen LogP contribution in [-0.2, 0) is 4.79 Å². The molecule has 1 heterocycles. The van der Waals surface area contributed by atoms with Crippen molar-refractivity contribution >= 4 is 5.91 Å². The van der Waals surface area contributed by atoms with Crippen molar-refractivity contribution in [2.45, 2.75) is 45.0 Å². The molecule has 1 aliphatic heterocycles.